The Balaban J connectivity index is 1.08. The van der Waals surface area contributed by atoms with Crippen LogP contribution in [0.3, 0.4) is 0 Å². The van der Waals surface area contributed by atoms with Crippen LogP contribution < -0.4 is 4.90 Å². The smallest absolute Gasteiger partial charge is 0.0725 e. The second-order valence-corrected chi connectivity index (χ2v) is 13.3. The van der Waals surface area contributed by atoms with Crippen molar-refractivity contribution < 1.29 is 0 Å². The summed E-state index contributed by atoms with van der Waals surface area (Å²) in [6, 6.07) is 73.2. The van der Waals surface area contributed by atoms with E-state index in [1.807, 2.05) is 0 Å². The lowest BCUT2D eigenvalue weighted by atomic mass is 9.70. The molecular weight excluding hydrogens is 603 g/mol. The maximum Gasteiger partial charge on any atom is 0.0725 e. The van der Waals surface area contributed by atoms with Crippen molar-refractivity contribution >= 4 is 17.1 Å². The first kappa shape index (κ1) is 28.6. The Morgan fingerprint density at radius 3 is 1.14 bits per heavy atom. The fourth-order valence-corrected chi connectivity index (χ4v) is 8.54. The minimum Gasteiger partial charge on any atom is -0.311 e. The highest BCUT2D eigenvalue weighted by Gasteiger charge is 2.51. The Bertz CT molecular complexity index is 2450. The van der Waals surface area contributed by atoms with Crippen LogP contribution in [0.25, 0.3) is 44.5 Å². The zero-order valence-electron chi connectivity index (χ0n) is 27.5. The molecule has 0 atom stereocenters. The van der Waals surface area contributed by atoms with E-state index in [-0.39, 0.29) is 5.41 Å². The zero-order chi connectivity index (χ0) is 33.1. The lowest BCUT2D eigenvalue weighted by molar-refractivity contribution is 0.794. The number of hydrogen-bond donors (Lipinski definition) is 0. The summed E-state index contributed by atoms with van der Waals surface area (Å²) in [5.41, 5.74) is 18.7. The van der Waals surface area contributed by atoms with Gasteiger partial charge in [-0.3, -0.25) is 0 Å². The number of anilines is 3. The average Bonchev–Trinajstić information content (AvgIpc) is 3.66. The molecule has 0 heterocycles. The van der Waals surface area contributed by atoms with E-state index in [4.69, 9.17) is 0 Å². The van der Waals surface area contributed by atoms with E-state index < -0.39 is 0 Å². The Hall–Kier alpha value is -6.44. The van der Waals surface area contributed by atoms with Gasteiger partial charge >= 0.3 is 0 Å². The Morgan fingerprint density at radius 2 is 0.620 bits per heavy atom. The first-order valence-electron chi connectivity index (χ1n) is 17.4. The van der Waals surface area contributed by atoms with Crippen molar-refractivity contribution in [1.82, 2.24) is 0 Å². The summed E-state index contributed by atoms with van der Waals surface area (Å²) in [7, 11) is 0. The normalized spacial score (nSPS) is 13.0. The van der Waals surface area contributed by atoms with Gasteiger partial charge in [-0.1, -0.05) is 158 Å². The molecule has 10 rings (SSSR count). The van der Waals surface area contributed by atoms with Crippen LogP contribution in [0.1, 0.15) is 22.3 Å². The van der Waals surface area contributed by atoms with E-state index >= 15 is 0 Å². The lowest BCUT2D eigenvalue weighted by Crippen LogP contribution is -2.25. The van der Waals surface area contributed by atoms with Crippen molar-refractivity contribution in [2.75, 3.05) is 4.90 Å². The van der Waals surface area contributed by atoms with Crippen LogP contribution in [-0.2, 0) is 5.41 Å². The predicted molar refractivity (Wildman–Crippen MR) is 208 cm³/mol. The summed E-state index contributed by atoms with van der Waals surface area (Å²) in [6.45, 7) is 0. The quantitative estimate of drug-likeness (QED) is 0.182. The second-order valence-electron chi connectivity index (χ2n) is 13.3. The van der Waals surface area contributed by atoms with Crippen molar-refractivity contribution in [2.45, 2.75) is 5.41 Å². The summed E-state index contributed by atoms with van der Waals surface area (Å²) in [6.07, 6.45) is 0. The van der Waals surface area contributed by atoms with Gasteiger partial charge in [-0.15, -0.1) is 0 Å². The first-order valence-corrected chi connectivity index (χ1v) is 17.4. The van der Waals surface area contributed by atoms with Gasteiger partial charge in [0.2, 0.25) is 0 Å². The molecule has 0 aliphatic heterocycles. The van der Waals surface area contributed by atoms with Crippen molar-refractivity contribution in [3.8, 4) is 44.5 Å². The molecule has 8 aromatic carbocycles. The van der Waals surface area contributed by atoms with Crippen molar-refractivity contribution in [3.63, 3.8) is 0 Å². The standard InChI is InChI=1S/C49H33N/c1-3-13-34(14-4-1)35-23-28-39(29-24-35)50(38-15-5-2-6-16-38)40-30-25-36(26-31-40)37-27-32-44-43-19-9-12-22-47(43)49(48(44)33-37)45-20-10-7-17-41(45)42-18-8-11-21-46(42)49/h1-33H. The predicted octanol–water partition coefficient (Wildman–Crippen LogP) is 12.8. The maximum absolute atomic E-state index is 2.46. The van der Waals surface area contributed by atoms with Crippen LogP contribution in [0.5, 0.6) is 0 Å². The molecule has 0 amide bonds. The molecule has 50 heavy (non-hydrogen) atoms. The molecule has 1 spiro atoms. The van der Waals surface area contributed by atoms with E-state index in [1.165, 1.54) is 66.8 Å². The number of para-hydroxylation sites is 1. The van der Waals surface area contributed by atoms with E-state index in [1.54, 1.807) is 0 Å². The van der Waals surface area contributed by atoms with Crippen LogP contribution in [0.2, 0.25) is 0 Å². The van der Waals surface area contributed by atoms with Crippen LogP contribution in [0.15, 0.2) is 200 Å². The van der Waals surface area contributed by atoms with Gasteiger partial charge in [0, 0.05) is 17.1 Å². The lowest BCUT2D eigenvalue weighted by Gasteiger charge is -2.30. The highest BCUT2D eigenvalue weighted by atomic mass is 15.1. The number of fused-ring (bicyclic) bond motifs is 10. The minimum absolute atomic E-state index is 0.342. The van der Waals surface area contributed by atoms with Crippen molar-refractivity contribution in [2.24, 2.45) is 0 Å². The molecule has 0 unspecified atom stereocenters. The summed E-state index contributed by atoms with van der Waals surface area (Å²) >= 11 is 0. The summed E-state index contributed by atoms with van der Waals surface area (Å²) in [4.78, 5) is 2.33. The topological polar surface area (TPSA) is 3.24 Å². The molecule has 0 aromatic heterocycles. The highest BCUT2D eigenvalue weighted by Crippen LogP contribution is 2.63. The van der Waals surface area contributed by atoms with E-state index in [0.29, 0.717) is 0 Å². The third-order valence-electron chi connectivity index (χ3n) is 10.7. The third-order valence-corrected chi connectivity index (χ3v) is 10.7. The van der Waals surface area contributed by atoms with Gasteiger partial charge in [0.05, 0.1) is 5.41 Å². The third kappa shape index (κ3) is 4.20. The van der Waals surface area contributed by atoms with Crippen molar-refractivity contribution in [3.05, 3.63) is 222 Å². The first-order chi connectivity index (χ1) is 24.8. The number of benzene rings is 8. The molecule has 1 heteroatoms. The number of rotatable bonds is 5. The molecule has 0 fully saturated rings. The fourth-order valence-electron chi connectivity index (χ4n) is 8.54. The number of nitrogens with zero attached hydrogens (tertiary/aromatic N) is 1. The molecular formula is C49H33N. The van der Waals surface area contributed by atoms with Crippen LogP contribution in [0, 0.1) is 0 Å². The maximum atomic E-state index is 2.46. The van der Waals surface area contributed by atoms with Gasteiger partial charge in [-0.2, -0.15) is 0 Å². The van der Waals surface area contributed by atoms with Gasteiger partial charge in [0.25, 0.3) is 0 Å². The summed E-state index contributed by atoms with van der Waals surface area (Å²) < 4.78 is 0. The molecule has 234 valence electrons. The molecule has 0 bridgehead atoms. The van der Waals surface area contributed by atoms with Gasteiger partial charge in [-0.25, -0.2) is 0 Å². The zero-order valence-corrected chi connectivity index (χ0v) is 27.5. The average molecular weight is 636 g/mol. The Morgan fingerprint density at radius 1 is 0.260 bits per heavy atom. The van der Waals surface area contributed by atoms with Gasteiger partial charge < -0.3 is 4.90 Å². The van der Waals surface area contributed by atoms with Gasteiger partial charge in [-0.05, 0) is 109 Å². The molecule has 0 N–H and O–H groups in total. The molecule has 1 nitrogen and oxygen atoms in total. The highest BCUT2D eigenvalue weighted by molar-refractivity contribution is 5.96. The molecule has 2 aliphatic rings. The number of hydrogen-bond acceptors (Lipinski definition) is 1. The van der Waals surface area contributed by atoms with E-state index in [0.717, 1.165) is 17.1 Å². The minimum atomic E-state index is -0.342. The largest absolute Gasteiger partial charge is 0.311 e. The van der Waals surface area contributed by atoms with E-state index in [9.17, 15) is 0 Å². The van der Waals surface area contributed by atoms with E-state index in [2.05, 4.69) is 205 Å². The SMILES string of the molecule is c1ccc(-c2ccc(N(c3ccccc3)c3ccc(-c4ccc5c(c4)C4(c6ccccc6-c6ccccc64)c4ccccc4-5)cc3)cc2)cc1. The molecule has 0 radical (unpaired) electrons. The molecule has 2 aliphatic carbocycles. The van der Waals surface area contributed by atoms with Crippen LogP contribution in [0.4, 0.5) is 17.1 Å². The Kier molecular flexibility index (Phi) is 6.47. The fraction of sp³-hybridized carbons (Fsp3) is 0.0204. The van der Waals surface area contributed by atoms with Gasteiger partial charge in [0.1, 0.15) is 0 Å². The molecule has 0 saturated carbocycles. The second kappa shape index (κ2) is 11.3. The summed E-state index contributed by atoms with van der Waals surface area (Å²) in [5.74, 6) is 0. The van der Waals surface area contributed by atoms with Crippen molar-refractivity contribution in [1.29, 1.82) is 0 Å². The molecule has 0 saturated heterocycles. The monoisotopic (exact) mass is 635 g/mol. The Labute approximate surface area is 293 Å². The van der Waals surface area contributed by atoms with Crippen LogP contribution >= 0.6 is 0 Å². The van der Waals surface area contributed by atoms with Gasteiger partial charge in [0.15, 0.2) is 0 Å². The molecule has 8 aromatic rings. The summed E-state index contributed by atoms with van der Waals surface area (Å²) in [5, 5.41) is 0. The van der Waals surface area contributed by atoms with Crippen LogP contribution in [-0.4, -0.2) is 0 Å².